The van der Waals surface area contributed by atoms with Crippen LogP contribution in [0.15, 0.2) is 134 Å². The largest absolute Gasteiger partial charge is 0.370 e. The maximum atomic E-state index is 8.84. The molecule has 10 aliphatic heterocycles. The van der Waals surface area contributed by atoms with Crippen molar-refractivity contribution >= 4 is 88.8 Å². The Kier molecular flexibility index (Phi) is 43.4. The van der Waals surface area contributed by atoms with Gasteiger partial charge in [0.05, 0.1) is 57.3 Å². The Balaban J connectivity index is 0.000000148. The topological polar surface area (TPSA) is 183 Å². The maximum absolute atomic E-state index is 8.84. The van der Waals surface area contributed by atoms with Crippen LogP contribution in [-0.4, -0.2) is 318 Å². The van der Waals surface area contributed by atoms with Gasteiger partial charge in [-0.05, 0) is 300 Å². The number of piperazine rings is 6. The summed E-state index contributed by atoms with van der Waals surface area (Å²) >= 11 is 7.61. The molecule has 10 saturated heterocycles. The average molecular weight is 1940 g/mol. The number of anilines is 8. The summed E-state index contributed by atoms with van der Waals surface area (Å²) < 4.78 is 0. The van der Waals surface area contributed by atoms with Crippen LogP contribution in [0.4, 0.5) is 43.4 Å². The van der Waals surface area contributed by atoms with Crippen LogP contribution in [0.25, 0.3) is 0 Å². The van der Waals surface area contributed by atoms with Crippen LogP contribution in [0.5, 0.6) is 0 Å². The van der Waals surface area contributed by atoms with Gasteiger partial charge in [-0.3, -0.25) is 19.7 Å². The molecule has 10 aliphatic rings. The predicted molar refractivity (Wildman–Crippen MR) is 587 cm³/mol. The summed E-state index contributed by atoms with van der Waals surface area (Å²) in [5.74, 6) is 6.97. The van der Waals surface area contributed by atoms with E-state index in [1.54, 1.807) is 6.20 Å². The Bertz CT molecular complexity index is 4920. The number of nitriles is 1. The van der Waals surface area contributed by atoms with Gasteiger partial charge in [0.1, 0.15) is 5.82 Å². The minimum absolute atomic E-state index is 0.246. The first-order chi connectivity index (χ1) is 65.7. The van der Waals surface area contributed by atoms with Crippen molar-refractivity contribution in [3.8, 4) is 18.4 Å². The third-order valence-electron chi connectivity index (χ3n) is 28.1. The minimum atomic E-state index is 0.246. The van der Waals surface area contributed by atoms with Gasteiger partial charge in [-0.1, -0.05) is 60.4 Å². The molecule has 3 N–H and O–H groups in total. The Morgan fingerprint density at radius 3 is 1.42 bits per heavy atom. The van der Waals surface area contributed by atoms with Gasteiger partial charge in [-0.15, -0.1) is 51.8 Å². The molecule has 137 heavy (non-hydrogen) atoms. The van der Waals surface area contributed by atoms with E-state index in [4.69, 9.17) is 11.7 Å². The number of hydrogen-bond acceptors (Lipinski definition) is 28. The van der Waals surface area contributed by atoms with Gasteiger partial charge >= 0.3 is 0 Å². The fourth-order valence-electron chi connectivity index (χ4n) is 19.5. The number of nitrogens with one attached hydrogen (secondary N) is 3. The molecule has 0 amide bonds. The fourth-order valence-corrected chi connectivity index (χ4v) is 23.1. The quantitative estimate of drug-likeness (QED) is 0.0775. The van der Waals surface area contributed by atoms with E-state index in [1.165, 1.54) is 173 Å². The van der Waals surface area contributed by atoms with Gasteiger partial charge in [0.2, 0.25) is 11.9 Å². The fraction of sp³-hybridized carbons (Fsp3) is 0.606. The van der Waals surface area contributed by atoms with Crippen LogP contribution in [0.2, 0.25) is 0 Å². The van der Waals surface area contributed by atoms with Gasteiger partial charge in [0.25, 0.3) is 0 Å². The molecule has 0 saturated carbocycles. The molecule has 0 spiro atoms. The number of piperidine rings is 2. The number of aromatic nitrogens is 6. The second-order valence-electron chi connectivity index (χ2n) is 40.7. The molecule has 19 rings (SSSR count). The van der Waals surface area contributed by atoms with E-state index >= 15 is 0 Å². The van der Waals surface area contributed by atoms with Crippen molar-refractivity contribution in [2.75, 3.05) is 244 Å². The average Bonchev–Trinajstić information content (AvgIpc) is 1.74. The molecule has 24 nitrogen and oxygen atoms in total. The van der Waals surface area contributed by atoms with Gasteiger partial charge in [0.15, 0.2) is 0 Å². The summed E-state index contributed by atoms with van der Waals surface area (Å²) in [6.45, 7) is 71.8. The molecule has 748 valence electrons. The molecule has 7 aromatic heterocycles. The van der Waals surface area contributed by atoms with Crippen LogP contribution >= 0.6 is 45.3 Å². The van der Waals surface area contributed by atoms with Crippen molar-refractivity contribution in [2.45, 2.75) is 223 Å². The first-order valence-corrected chi connectivity index (χ1v) is 54.1. The van der Waals surface area contributed by atoms with E-state index in [2.05, 4.69) is 355 Å². The summed E-state index contributed by atoms with van der Waals surface area (Å²) in [4.78, 5) is 65.4. The molecule has 2 aromatic carbocycles. The Morgan fingerprint density at radius 2 is 0.927 bits per heavy atom. The SMILES string of the molecule is C#CCN1CCC(c2ccc(C)cc2)CC1.CCN1CCN(c2ccc(C)s2)CC1.Cc1ccc(N2CC3CCCNC3C2)cc1.Cc1ccc(N2CCCN(C)CC2)s1.Cc1ccc(N2CCNC(C)(C)C2)s1.Cc1ccc(N2C[C@@H](C)N[C@@H](C)C2)s1.Cc1cnc(N2CCN(C)C(C)C2)nc1.Cc1cnc(N2C[C@@H](C)N(C)[C@@H](C)C2)nc1.Cc1cnc(N2C[C@@H](C)N(CC#N)[C@@H](C)C2)cn1. The van der Waals surface area contributed by atoms with E-state index in [1.807, 2.05) is 97.1 Å². The number of likely N-dealkylation sites (tertiary alicyclic amines) is 1. The van der Waals surface area contributed by atoms with Crippen LogP contribution in [-0.2, 0) is 0 Å². The molecule has 17 heterocycles. The molecule has 28 heteroatoms. The lowest BCUT2D eigenvalue weighted by Gasteiger charge is -2.43. The first kappa shape index (κ1) is 109. The van der Waals surface area contributed by atoms with Crippen molar-refractivity contribution in [1.29, 1.82) is 5.26 Å². The van der Waals surface area contributed by atoms with Gasteiger partial charge in [-0.2, -0.15) is 5.26 Å². The van der Waals surface area contributed by atoms with Crippen LogP contribution in [0.1, 0.15) is 160 Å². The monoisotopic (exact) mass is 1940 g/mol. The number of nitrogens with zero attached hydrogens (tertiary/aromatic N) is 21. The van der Waals surface area contributed by atoms with Crippen LogP contribution < -0.4 is 55.1 Å². The standard InChI is InChI=1S/C15H19N.C14H20N2.C13H19N5.C12H20N4.C11H18N4.4C11H18N2S/c1-3-10-16-11-8-15(9-12-16)14-6-4-13(2)5-7-14;1-11-4-6-13(7-5-11)16-9-12-3-2-8-15-14(12)10-16;1-10-6-16-13(7-15-10)17-8-11(2)18(5-4-14)12(3)9-17;1-9-5-13-12(14-6-9)16-7-10(2)15(4)11(3)8-16;1-9-6-12-11(13-7-9)15-5-4-14(3)10(2)8-15;1-8-6-13(7-9(2)12-8)11-5-4-10(3)14-11;1-9-4-5-10(14-9)13-7-6-12-11(2,3)8-13;1-10-4-5-11(14-10)13-7-3-6-12(2)8-9-13;1-3-12-6-8-13(9-7-12)11-5-4-10(2)14-11/h1,4-7,15H,8-12H2,2H3;4-7,12,14-15H,2-3,8-10H2,1H3;6-7,11-12H,5,8-9H2,1-3H3;5-6,10-11H,7-8H2,1-4H3;6-7,10H,4-5,8H2,1-3H3;4-5,8-9,12H,6-7H2,1-3H3;4-5,12H,6-8H2,1-3H3;2*4-5H,3,6-9H2,1-2H3/t;;11-,12+;10-,11+;;8-,9+;;;. The maximum Gasteiger partial charge on any atom is 0.225 e. The van der Waals surface area contributed by atoms with E-state index in [-0.39, 0.29) is 5.54 Å². The zero-order valence-corrected chi connectivity index (χ0v) is 90.7. The number of aryl methyl sites for hydroxylation is 9. The number of likely N-dealkylation sites (N-methyl/N-ethyl adjacent to an activating group) is 4. The van der Waals surface area contributed by atoms with Crippen molar-refractivity contribution in [3.05, 3.63) is 187 Å². The second kappa shape index (κ2) is 54.5. The summed E-state index contributed by atoms with van der Waals surface area (Å²) in [6.07, 6.45) is 23.0. The second-order valence-corrected chi connectivity index (χ2v) is 45.8. The normalized spacial score (nSPS) is 23.5. The van der Waals surface area contributed by atoms with Gasteiger partial charge in [-0.25, -0.2) is 24.9 Å². The van der Waals surface area contributed by atoms with Crippen LogP contribution in [0.3, 0.4) is 0 Å². The lowest BCUT2D eigenvalue weighted by Crippen LogP contribution is -2.57. The lowest BCUT2D eigenvalue weighted by atomic mass is 9.89. The molecule has 3 unspecified atom stereocenters. The Labute approximate surface area is 842 Å². The smallest absolute Gasteiger partial charge is 0.225 e. The van der Waals surface area contributed by atoms with E-state index in [0.29, 0.717) is 48.8 Å². The number of thiophene rings is 4. The molecule has 0 radical (unpaired) electrons. The van der Waals surface area contributed by atoms with Crippen molar-refractivity contribution in [3.63, 3.8) is 0 Å². The molecule has 0 bridgehead atoms. The highest BCUT2D eigenvalue weighted by molar-refractivity contribution is 7.17. The van der Waals surface area contributed by atoms with Crippen molar-refractivity contribution < 1.29 is 0 Å². The Hall–Kier alpha value is -8.43. The minimum Gasteiger partial charge on any atom is -0.370 e. The molecule has 0 aliphatic carbocycles. The molecular formula is C109H168N24S4. The highest BCUT2D eigenvalue weighted by Gasteiger charge is 2.36. The Morgan fingerprint density at radius 1 is 0.423 bits per heavy atom. The number of fused-ring (bicyclic) bond motifs is 1. The highest BCUT2D eigenvalue weighted by atomic mass is 32.1. The first-order valence-electron chi connectivity index (χ1n) is 50.9. The zero-order valence-electron chi connectivity index (χ0n) is 87.4. The molecule has 10 fully saturated rings. The predicted octanol–water partition coefficient (Wildman–Crippen LogP) is 17.3. The van der Waals surface area contributed by atoms with Crippen LogP contribution in [0, 0.1) is 91.9 Å². The zero-order chi connectivity index (χ0) is 98.2. The summed E-state index contributed by atoms with van der Waals surface area (Å²) in [5, 5.41) is 25.3. The summed E-state index contributed by atoms with van der Waals surface area (Å²) in [5.41, 5.74) is 8.97. The van der Waals surface area contributed by atoms with E-state index in [0.717, 1.165) is 151 Å². The number of rotatable bonds is 12. The third kappa shape index (κ3) is 34.8. The van der Waals surface area contributed by atoms with Gasteiger partial charge in [0, 0.05) is 241 Å². The number of terminal acetylenes is 1. The lowest BCUT2D eigenvalue weighted by molar-refractivity contribution is 0.150. The number of benzene rings is 2. The van der Waals surface area contributed by atoms with E-state index in [9.17, 15) is 0 Å². The summed E-state index contributed by atoms with van der Waals surface area (Å²) in [7, 11) is 6.56. The summed E-state index contributed by atoms with van der Waals surface area (Å²) in [6, 6.07) is 42.3. The highest BCUT2D eigenvalue weighted by Crippen LogP contribution is 2.35. The molecule has 9 atom stereocenters. The van der Waals surface area contributed by atoms with Crippen molar-refractivity contribution in [1.82, 2.24) is 75.3 Å². The number of hydrogen-bond donors (Lipinski definition) is 3. The van der Waals surface area contributed by atoms with Crippen molar-refractivity contribution in [2.24, 2.45) is 5.92 Å². The molecular weight excluding hydrogens is 1770 g/mol. The third-order valence-corrected chi connectivity index (χ3v) is 32.4. The van der Waals surface area contributed by atoms with Gasteiger partial charge < -0.3 is 69.8 Å². The van der Waals surface area contributed by atoms with E-state index < -0.39 is 0 Å². The molecule has 9 aromatic rings.